The Bertz CT molecular complexity index is 851. The van der Waals surface area contributed by atoms with Crippen LogP contribution in [0.4, 0.5) is 13.2 Å². The van der Waals surface area contributed by atoms with Crippen LogP contribution < -0.4 is 10.5 Å². The Balaban J connectivity index is 0.00000133. The van der Waals surface area contributed by atoms with Crippen LogP contribution in [0.3, 0.4) is 0 Å². The summed E-state index contributed by atoms with van der Waals surface area (Å²) in [5.41, 5.74) is 4.38. The molecule has 0 bridgehead atoms. The molecule has 1 aromatic heterocycles. The van der Waals surface area contributed by atoms with Crippen LogP contribution in [0.1, 0.15) is 102 Å². The molecule has 1 atom stereocenters. The molecule has 0 aliphatic heterocycles. The summed E-state index contributed by atoms with van der Waals surface area (Å²) in [5.74, 6) is 0.319. The summed E-state index contributed by atoms with van der Waals surface area (Å²) >= 11 is 1.37. The molecule has 2 aromatic rings. The number of halogens is 3. The summed E-state index contributed by atoms with van der Waals surface area (Å²) in [6, 6.07) is 4.20. The third-order valence-electron chi connectivity index (χ3n) is 5.14. The topological polar surface area (TPSA) is 84.9 Å². The van der Waals surface area contributed by atoms with Gasteiger partial charge in [-0.2, -0.15) is 13.2 Å². The molecule has 0 aliphatic carbocycles. The first-order valence-electron chi connectivity index (χ1n) is 12.1. The Kier molecular flexibility index (Phi) is 13.8. The monoisotopic (exact) mass is 500 g/mol. The molecule has 1 heterocycles. The lowest BCUT2D eigenvalue weighted by molar-refractivity contribution is -0.138. The number of hydrogen-bond acceptors (Lipinski definition) is 5. The fourth-order valence-electron chi connectivity index (χ4n) is 3.26. The summed E-state index contributed by atoms with van der Waals surface area (Å²) in [4.78, 5) is 0. The molecule has 9 heteroatoms. The first-order chi connectivity index (χ1) is 16.1. The smallest absolute Gasteiger partial charge is 0.419 e. The number of aromatic nitrogens is 2. The standard InChI is InChI=1S/C23H33F3N2OS.C2H6N2/c1-4-6-8-9-10-11-15-29-20-14-13-18(16-19(20)23(24,25)26)22-28-27-21(30-22)17(3)12-7-5-2;1-2(3)4/h13-14,16-17H,4-12,15H2,1-3H3;1H3,(H3,3,4)/t17-;/m0./s1. The zero-order valence-electron chi connectivity index (χ0n) is 20.8. The van der Waals surface area contributed by atoms with Crippen LogP contribution in [-0.4, -0.2) is 22.6 Å². The Morgan fingerprint density at radius 2 is 1.68 bits per heavy atom. The van der Waals surface area contributed by atoms with Crippen molar-refractivity contribution in [3.05, 3.63) is 28.8 Å². The maximum absolute atomic E-state index is 13.6. The molecule has 5 nitrogen and oxygen atoms in total. The number of nitrogens with zero attached hydrogens (tertiary/aromatic N) is 2. The van der Waals surface area contributed by atoms with E-state index < -0.39 is 11.7 Å². The number of unbranched alkanes of at least 4 members (excludes halogenated alkanes) is 6. The Labute approximate surface area is 205 Å². The minimum Gasteiger partial charge on any atom is -0.493 e. The van der Waals surface area contributed by atoms with Crippen LogP contribution in [0.5, 0.6) is 5.75 Å². The predicted molar refractivity (Wildman–Crippen MR) is 135 cm³/mol. The average molecular weight is 501 g/mol. The van der Waals surface area contributed by atoms with E-state index in [1.807, 2.05) is 0 Å². The summed E-state index contributed by atoms with van der Waals surface area (Å²) < 4.78 is 46.4. The molecule has 1 aromatic carbocycles. The second-order valence-electron chi connectivity index (χ2n) is 8.50. The summed E-state index contributed by atoms with van der Waals surface area (Å²) in [5, 5.41) is 16.0. The lowest BCUT2D eigenvalue weighted by atomic mass is 10.1. The highest BCUT2D eigenvalue weighted by atomic mass is 32.1. The van der Waals surface area contributed by atoms with Crippen LogP contribution >= 0.6 is 11.3 Å². The van der Waals surface area contributed by atoms with Gasteiger partial charge in [-0.3, -0.25) is 5.41 Å². The zero-order valence-corrected chi connectivity index (χ0v) is 21.6. The lowest BCUT2D eigenvalue weighted by Gasteiger charge is -2.15. The maximum Gasteiger partial charge on any atom is 0.419 e. The number of nitrogens with two attached hydrogens (primary N) is 1. The third kappa shape index (κ3) is 11.3. The minimum absolute atomic E-state index is 0.110. The number of ether oxygens (including phenoxy) is 1. The van der Waals surface area contributed by atoms with Gasteiger partial charge in [-0.15, -0.1) is 10.2 Å². The Morgan fingerprint density at radius 1 is 1.06 bits per heavy atom. The van der Waals surface area contributed by atoms with Crippen LogP contribution in [0, 0.1) is 5.41 Å². The van der Waals surface area contributed by atoms with E-state index in [2.05, 4.69) is 31.0 Å². The first-order valence-corrected chi connectivity index (χ1v) is 12.9. The van der Waals surface area contributed by atoms with Crippen LogP contribution in [0.15, 0.2) is 18.2 Å². The molecular weight excluding hydrogens is 461 g/mol. The van der Waals surface area contributed by atoms with E-state index in [0.29, 0.717) is 17.2 Å². The summed E-state index contributed by atoms with van der Waals surface area (Å²) in [6.07, 6.45) is 5.10. The molecule has 2 rings (SSSR count). The van der Waals surface area contributed by atoms with E-state index in [1.54, 1.807) is 6.07 Å². The van der Waals surface area contributed by atoms with Gasteiger partial charge in [0.1, 0.15) is 15.8 Å². The zero-order chi connectivity index (χ0) is 25.6. The van der Waals surface area contributed by atoms with Crippen LogP contribution in [0.25, 0.3) is 10.6 Å². The van der Waals surface area contributed by atoms with Gasteiger partial charge in [0.15, 0.2) is 0 Å². The van der Waals surface area contributed by atoms with Gasteiger partial charge in [0, 0.05) is 11.5 Å². The van der Waals surface area contributed by atoms with Gasteiger partial charge in [-0.1, -0.05) is 77.1 Å². The lowest BCUT2D eigenvalue weighted by Crippen LogP contribution is -2.09. The predicted octanol–water partition coefficient (Wildman–Crippen LogP) is 8.20. The van der Waals surface area contributed by atoms with Crippen molar-refractivity contribution in [3.63, 3.8) is 0 Å². The Hall–Kier alpha value is -2.16. The van der Waals surface area contributed by atoms with Gasteiger partial charge in [0.05, 0.1) is 18.0 Å². The molecule has 0 radical (unpaired) electrons. The Morgan fingerprint density at radius 3 is 2.29 bits per heavy atom. The van der Waals surface area contributed by atoms with Crippen LogP contribution in [0.2, 0.25) is 0 Å². The molecule has 0 spiro atoms. The number of hydrogen-bond donors (Lipinski definition) is 2. The molecule has 0 aliphatic rings. The van der Waals surface area contributed by atoms with Gasteiger partial charge in [-0.25, -0.2) is 0 Å². The minimum atomic E-state index is -4.48. The molecule has 0 amide bonds. The highest BCUT2D eigenvalue weighted by Gasteiger charge is 2.35. The molecule has 34 heavy (non-hydrogen) atoms. The normalized spacial score (nSPS) is 12.1. The van der Waals surface area contributed by atoms with Gasteiger partial charge < -0.3 is 10.5 Å². The van der Waals surface area contributed by atoms with Crippen molar-refractivity contribution in [2.45, 2.75) is 97.6 Å². The van der Waals surface area contributed by atoms with Crippen molar-refractivity contribution in [1.29, 1.82) is 5.41 Å². The van der Waals surface area contributed by atoms with E-state index in [1.165, 1.54) is 43.6 Å². The molecule has 0 unspecified atom stereocenters. The average Bonchev–Trinajstić information content (AvgIpc) is 3.26. The molecular formula is C25H39F3N4OS. The van der Waals surface area contributed by atoms with Gasteiger partial charge >= 0.3 is 6.18 Å². The molecule has 0 saturated heterocycles. The van der Waals surface area contributed by atoms with E-state index in [9.17, 15) is 13.2 Å². The fraction of sp³-hybridized carbons (Fsp3) is 0.640. The van der Waals surface area contributed by atoms with Gasteiger partial charge in [-0.05, 0) is 38.0 Å². The number of alkyl halides is 3. The van der Waals surface area contributed by atoms with Crippen molar-refractivity contribution in [2.75, 3.05) is 6.61 Å². The van der Waals surface area contributed by atoms with Crippen molar-refractivity contribution < 1.29 is 17.9 Å². The van der Waals surface area contributed by atoms with E-state index in [0.717, 1.165) is 49.6 Å². The van der Waals surface area contributed by atoms with E-state index in [-0.39, 0.29) is 17.5 Å². The van der Waals surface area contributed by atoms with Crippen molar-refractivity contribution in [1.82, 2.24) is 10.2 Å². The summed E-state index contributed by atoms with van der Waals surface area (Å²) in [7, 11) is 0. The van der Waals surface area contributed by atoms with Crippen molar-refractivity contribution >= 4 is 17.2 Å². The molecule has 0 saturated carbocycles. The van der Waals surface area contributed by atoms with E-state index in [4.69, 9.17) is 15.9 Å². The second kappa shape index (κ2) is 15.7. The number of rotatable bonds is 13. The van der Waals surface area contributed by atoms with Crippen molar-refractivity contribution in [2.24, 2.45) is 5.73 Å². The molecule has 192 valence electrons. The third-order valence-corrected chi connectivity index (χ3v) is 6.34. The maximum atomic E-state index is 13.6. The quantitative estimate of drug-likeness (QED) is 0.165. The molecule has 0 fully saturated rings. The number of nitrogens with one attached hydrogen (secondary N) is 1. The SMILES string of the molecule is CC(=N)N.CCCCCCCCOc1ccc(-c2nnc([C@@H](C)CCCC)s2)cc1C(F)(F)F. The highest BCUT2D eigenvalue weighted by Crippen LogP contribution is 2.40. The first kappa shape index (κ1) is 29.9. The number of amidine groups is 1. The molecule has 3 N–H and O–H groups in total. The van der Waals surface area contributed by atoms with Crippen LogP contribution in [-0.2, 0) is 6.18 Å². The fourth-order valence-corrected chi connectivity index (χ4v) is 4.18. The van der Waals surface area contributed by atoms with E-state index >= 15 is 0 Å². The van der Waals surface area contributed by atoms with Crippen molar-refractivity contribution in [3.8, 4) is 16.3 Å². The number of benzene rings is 1. The van der Waals surface area contributed by atoms with Gasteiger partial charge in [0.25, 0.3) is 0 Å². The second-order valence-corrected chi connectivity index (χ2v) is 9.51. The van der Waals surface area contributed by atoms with Gasteiger partial charge in [0.2, 0.25) is 0 Å². The largest absolute Gasteiger partial charge is 0.493 e. The summed E-state index contributed by atoms with van der Waals surface area (Å²) in [6.45, 7) is 8.20. The highest BCUT2D eigenvalue weighted by molar-refractivity contribution is 7.14.